The van der Waals surface area contributed by atoms with Gasteiger partial charge in [0.2, 0.25) is 0 Å². The Kier molecular flexibility index (Phi) is 5.11. The summed E-state index contributed by atoms with van der Waals surface area (Å²) in [5, 5.41) is 0. The van der Waals surface area contributed by atoms with E-state index in [1.54, 1.807) is 18.2 Å². The smallest absolute Gasteiger partial charge is 0.387 e. The Morgan fingerprint density at radius 1 is 1.35 bits per heavy atom. The fraction of sp³-hybridized carbons (Fsp3) is 0.462. The number of halogens is 2. The second-order valence-electron chi connectivity index (χ2n) is 4.26. The van der Waals surface area contributed by atoms with Crippen molar-refractivity contribution in [2.45, 2.75) is 13.2 Å². The molecule has 5 nitrogen and oxygen atoms in total. The second kappa shape index (κ2) is 7.04. The van der Waals surface area contributed by atoms with E-state index >= 15 is 0 Å². The van der Waals surface area contributed by atoms with E-state index in [0.717, 1.165) is 0 Å². The zero-order valence-electron chi connectivity index (χ0n) is 11.0. The van der Waals surface area contributed by atoms with Gasteiger partial charge in [0, 0.05) is 18.7 Å². The van der Waals surface area contributed by atoms with Gasteiger partial charge in [0.15, 0.2) is 5.96 Å². The number of guanidine groups is 1. The summed E-state index contributed by atoms with van der Waals surface area (Å²) >= 11 is 0. The number of nitrogens with two attached hydrogens (primary N) is 1. The van der Waals surface area contributed by atoms with Crippen LogP contribution >= 0.6 is 0 Å². The molecule has 20 heavy (non-hydrogen) atoms. The number of hydrogen-bond acceptors (Lipinski definition) is 3. The van der Waals surface area contributed by atoms with E-state index in [4.69, 9.17) is 10.5 Å². The molecule has 2 N–H and O–H groups in total. The molecule has 2 rings (SSSR count). The molecule has 1 aliphatic rings. The van der Waals surface area contributed by atoms with Crippen molar-refractivity contribution in [3.63, 3.8) is 0 Å². The second-order valence-corrected chi connectivity index (χ2v) is 4.26. The van der Waals surface area contributed by atoms with Crippen LogP contribution in [0, 0.1) is 0 Å². The zero-order valence-corrected chi connectivity index (χ0v) is 11.0. The fourth-order valence-corrected chi connectivity index (χ4v) is 1.90. The molecule has 0 unspecified atom stereocenters. The molecule has 7 heteroatoms. The molecule has 1 aliphatic heterocycles. The Labute approximate surface area is 116 Å². The van der Waals surface area contributed by atoms with E-state index in [1.807, 2.05) is 4.90 Å². The lowest BCUT2D eigenvalue weighted by Crippen LogP contribution is -2.44. The molecule has 0 amide bonds. The summed E-state index contributed by atoms with van der Waals surface area (Å²) in [6.07, 6.45) is 0. The Hall–Kier alpha value is -1.89. The third-order valence-electron chi connectivity index (χ3n) is 2.94. The molecular formula is C13H17F2N3O2. The predicted molar refractivity (Wildman–Crippen MR) is 70.8 cm³/mol. The van der Waals surface area contributed by atoms with Gasteiger partial charge in [-0.25, -0.2) is 4.99 Å². The first kappa shape index (κ1) is 14.5. The van der Waals surface area contributed by atoms with Gasteiger partial charge in [0.25, 0.3) is 0 Å². The lowest BCUT2D eigenvalue weighted by Gasteiger charge is -2.27. The van der Waals surface area contributed by atoms with E-state index in [1.165, 1.54) is 6.07 Å². The van der Waals surface area contributed by atoms with Crippen LogP contribution in [0.4, 0.5) is 8.78 Å². The van der Waals surface area contributed by atoms with Crippen molar-refractivity contribution in [3.05, 3.63) is 29.8 Å². The number of morpholine rings is 1. The van der Waals surface area contributed by atoms with Crippen LogP contribution in [0.5, 0.6) is 5.75 Å². The Bertz CT molecular complexity index is 463. The molecule has 0 aromatic heterocycles. The van der Waals surface area contributed by atoms with Crippen molar-refractivity contribution in [2.24, 2.45) is 10.7 Å². The first-order valence-corrected chi connectivity index (χ1v) is 6.32. The maximum absolute atomic E-state index is 12.3. The summed E-state index contributed by atoms with van der Waals surface area (Å²) in [5.74, 6) is 0.515. The molecule has 0 saturated carbocycles. The molecule has 0 atom stereocenters. The Balaban J connectivity index is 2.02. The van der Waals surface area contributed by atoms with E-state index in [0.29, 0.717) is 37.8 Å². The number of rotatable bonds is 4. The summed E-state index contributed by atoms with van der Waals surface area (Å²) in [4.78, 5) is 6.13. The van der Waals surface area contributed by atoms with Crippen molar-refractivity contribution in [3.8, 4) is 5.75 Å². The minimum Gasteiger partial charge on any atom is -0.434 e. The van der Waals surface area contributed by atoms with E-state index in [9.17, 15) is 8.78 Å². The lowest BCUT2D eigenvalue weighted by atomic mass is 10.2. The zero-order chi connectivity index (χ0) is 14.4. The topological polar surface area (TPSA) is 60.1 Å². The number of alkyl halides is 2. The average Bonchev–Trinajstić information content (AvgIpc) is 2.46. The minimum absolute atomic E-state index is 0.126. The molecule has 1 aromatic rings. The SMILES string of the molecule is NC(=NCc1ccccc1OC(F)F)N1CCOCC1. The van der Waals surface area contributed by atoms with Gasteiger partial charge in [0.1, 0.15) is 5.75 Å². The van der Waals surface area contributed by atoms with E-state index in [2.05, 4.69) is 9.73 Å². The van der Waals surface area contributed by atoms with Crippen LogP contribution < -0.4 is 10.5 Å². The largest absolute Gasteiger partial charge is 0.434 e. The molecule has 1 aromatic carbocycles. The molecule has 1 heterocycles. The fourth-order valence-electron chi connectivity index (χ4n) is 1.90. The molecule has 1 saturated heterocycles. The lowest BCUT2D eigenvalue weighted by molar-refractivity contribution is -0.0504. The van der Waals surface area contributed by atoms with Crippen LogP contribution in [0.3, 0.4) is 0 Å². The van der Waals surface area contributed by atoms with Crippen LogP contribution in [0.2, 0.25) is 0 Å². The number of aliphatic imine (C=N–C) groups is 1. The predicted octanol–water partition coefficient (Wildman–Crippen LogP) is 1.43. The third-order valence-corrected chi connectivity index (χ3v) is 2.94. The molecule has 0 radical (unpaired) electrons. The monoisotopic (exact) mass is 285 g/mol. The maximum Gasteiger partial charge on any atom is 0.387 e. The van der Waals surface area contributed by atoms with Gasteiger partial charge in [-0.1, -0.05) is 18.2 Å². The number of para-hydroxylation sites is 1. The molecule has 1 fully saturated rings. The van der Waals surface area contributed by atoms with Crippen LogP contribution in [-0.2, 0) is 11.3 Å². The summed E-state index contributed by atoms with van der Waals surface area (Å²) < 4.78 is 34.2. The van der Waals surface area contributed by atoms with Crippen molar-refractivity contribution in [1.82, 2.24) is 4.90 Å². The minimum atomic E-state index is -2.85. The molecule has 110 valence electrons. The first-order valence-electron chi connectivity index (χ1n) is 6.32. The number of ether oxygens (including phenoxy) is 2. The summed E-state index contributed by atoms with van der Waals surface area (Å²) in [6.45, 7) is -0.0549. The van der Waals surface area contributed by atoms with Crippen LogP contribution in [0.1, 0.15) is 5.56 Å². The van der Waals surface area contributed by atoms with Crippen LogP contribution in [0.25, 0.3) is 0 Å². The van der Waals surface area contributed by atoms with Crippen molar-refractivity contribution < 1.29 is 18.3 Å². The quantitative estimate of drug-likeness (QED) is 0.671. The Morgan fingerprint density at radius 2 is 2.05 bits per heavy atom. The van der Waals surface area contributed by atoms with Crippen molar-refractivity contribution in [1.29, 1.82) is 0 Å². The standard InChI is InChI=1S/C13H17F2N3O2/c14-12(15)20-11-4-2-1-3-10(11)9-17-13(16)18-5-7-19-8-6-18/h1-4,12H,5-9H2,(H2,16,17). The van der Waals surface area contributed by atoms with Gasteiger partial charge in [-0.15, -0.1) is 0 Å². The maximum atomic E-state index is 12.3. The van der Waals surface area contributed by atoms with Gasteiger partial charge >= 0.3 is 6.61 Å². The van der Waals surface area contributed by atoms with Gasteiger partial charge < -0.3 is 20.1 Å². The normalized spacial score (nSPS) is 16.6. The number of nitrogens with zero attached hydrogens (tertiary/aromatic N) is 2. The Morgan fingerprint density at radius 3 is 2.75 bits per heavy atom. The first-order chi connectivity index (χ1) is 9.66. The van der Waals surface area contributed by atoms with E-state index < -0.39 is 6.61 Å². The van der Waals surface area contributed by atoms with Crippen molar-refractivity contribution in [2.75, 3.05) is 26.3 Å². The molecular weight excluding hydrogens is 268 g/mol. The van der Waals surface area contributed by atoms with Gasteiger partial charge in [-0.2, -0.15) is 8.78 Å². The average molecular weight is 285 g/mol. The number of benzene rings is 1. The number of hydrogen-bond donors (Lipinski definition) is 1. The van der Waals surface area contributed by atoms with Gasteiger partial charge in [-0.05, 0) is 6.07 Å². The highest BCUT2D eigenvalue weighted by molar-refractivity contribution is 5.78. The van der Waals surface area contributed by atoms with Crippen molar-refractivity contribution >= 4 is 5.96 Å². The van der Waals surface area contributed by atoms with Gasteiger partial charge in [-0.3, -0.25) is 0 Å². The van der Waals surface area contributed by atoms with Crippen LogP contribution in [-0.4, -0.2) is 43.8 Å². The van der Waals surface area contributed by atoms with Crippen LogP contribution in [0.15, 0.2) is 29.3 Å². The highest BCUT2D eigenvalue weighted by Gasteiger charge is 2.13. The molecule has 0 spiro atoms. The summed E-state index contributed by atoms with van der Waals surface area (Å²) in [7, 11) is 0. The third kappa shape index (κ3) is 4.06. The highest BCUT2D eigenvalue weighted by atomic mass is 19.3. The molecule has 0 bridgehead atoms. The highest BCUT2D eigenvalue weighted by Crippen LogP contribution is 2.21. The van der Waals surface area contributed by atoms with Gasteiger partial charge in [0.05, 0.1) is 19.8 Å². The summed E-state index contributed by atoms with van der Waals surface area (Å²) in [5.41, 5.74) is 6.45. The molecule has 0 aliphatic carbocycles. The summed E-state index contributed by atoms with van der Waals surface area (Å²) in [6, 6.07) is 6.56. The van der Waals surface area contributed by atoms with E-state index in [-0.39, 0.29) is 12.3 Å².